The van der Waals surface area contributed by atoms with Gasteiger partial charge in [-0.3, -0.25) is 0 Å². The van der Waals surface area contributed by atoms with Gasteiger partial charge in [0.25, 0.3) is 0 Å². The number of hydrogen-bond donors (Lipinski definition) is 1. The van der Waals surface area contributed by atoms with Crippen molar-refractivity contribution in [3.8, 4) is 11.5 Å². The average Bonchev–Trinajstić information content (AvgIpc) is 2.63. The van der Waals surface area contributed by atoms with Crippen LogP contribution in [-0.2, 0) is 0 Å². The highest BCUT2D eigenvalue weighted by Crippen LogP contribution is 2.19. The number of nitrogens with zero attached hydrogens (tertiary/aromatic N) is 1. The van der Waals surface area contributed by atoms with Crippen LogP contribution < -0.4 is 14.8 Å². The Bertz CT molecular complexity index is 661. The normalized spacial score (nSPS) is 11.5. The lowest BCUT2D eigenvalue weighted by atomic mass is 10.1. The largest absolute Gasteiger partial charge is 0.494 e. The minimum atomic E-state index is -0.133. The molecule has 5 heteroatoms. The van der Waals surface area contributed by atoms with Gasteiger partial charge in [0.2, 0.25) is 0 Å². The van der Waals surface area contributed by atoms with Gasteiger partial charge in [-0.25, -0.2) is 4.79 Å². The van der Waals surface area contributed by atoms with E-state index in [0.717, 1.165) is 17.1 Å². The zero-order chi connectivity index (χ0) is 18.1. The zero-order valence-corrected chi connectivity index (χ0v) is 15.1. The van der Waals surface area contributed by atoms with E-state index in [1.807, 2.05) is 68.4 Å². The van der Waals surface area contributed by atoms with Gasteiger partial charge in [0.05, 0.1) is 19.2 Å². The molecule has 0 aliphatic rings. The molecule has 2 aromatic rings. The van der Waals surface area contributed by atoms with Crippen molar-refractivity contribution in [1.29, 1.82) is 0 Å². The molecular weight excluding hydrogens is 316 g/mol. The summed E-state index contributed by atoms with van der Waals surface area (Å²) in [7, 11) is 1.76. The molecule has 0 saturated heterocycles. The lowest BCUT2D eigenvalue weighted by Crippen LogP contribution is -2.40. The summed E-state index contributed by atoms with van der Waals surface area (Å²) in [6, 6.07) is 17.1. The van der Waals surface area contributed by atoms with E-state index in [1.54, 1.807) is 11.9 Å². The van der Waals surface area contributed by atoms with Crippen LogP contribution in [-0.4, -0.2) is 37.7 Å². The average molecular weight is 342 g/mol. The second kappa shape index (κ2) is 9.57. The third-order valence-corrected chi connectivity index (χ3v) is 3.79. The van der Waals surface area contributed by atoms with Crippen LogP contribution in [0.15, 0.2) is 54.6 Å². The van der Waals surface area contributed by atoms with Crippen LogP contribution in [0.4, 0.5) is 4.79 Å². The highest BCUT2D eigenvalue weighted by atomic mass is 16.5. The van der Waals surface area contributed by atoms with Crippen LogP contribution >= 0.6 is 0 Å². The molecule has 1 unspecified atom stereocenters. The first kappa shape index (κ1) is 18.6. The Morgan fingerprint density at radius 2 is 1.80 bits per heavy atom. The molecule has 0 aliphatic heterocycles. The lowest BCUT2D eigenvalue weighted by Gasteiger charge is -2.22. The van der Waals surface area contributed by atoms with Crippen LogP contribution in [0.1, 0.15) is 25.5 Å². The molecule has 0 aromatic heterocycles. The highest BCUT2D eigenvalue weighted by Gasteiger charge is 2.13. The van der Waals surface area contributed by atoms with Gasteiger partial charge in [-0.15, -0.1) is 0 Å². The number of likely N-dealkylation sites (N-methyl/N-ethyl adjacent to an activating group) is 1. The lowest BCUT2D eigenvalue weighted by molar-refractivity contribution is 0.192. The molecule has 2 aromatic carbocycles. The van der Waals surface area contributed by atoms with Crippen molar-refractivity contribution in [1.82, 2.24) is 10.2 Å². The van der Waals surface area contributed by atoms with Crippen molar-refractivity contribution in [3.63, 3.8) is 0 Å². The molecule has 2 amide bonds. The van der Waals surface area contributed by atoms with Crippen molar-refractivity contribution in [2.45, 2.75) is 19.9 Å². The minimum Gasteiger partial charge on any atom is -0.494 e. The van der Waals surface area contributed by atoms with Gasteiger partial charge < -0.3 is 19.7 Å². The van der Waals surface area contributed by atoms with Gasteiger partial charge in [0, 0.05) is 7.05 Å². The molecule has 1 atom stereocenters. The van der Waals surface area contributed by atoms with E-state index in [1.165, 1.54) is 0 Å². The number of urea groups is 1. The molecule has 25 heavy (non-hydrogen) atoms. The van der Waals surface area contributed by atoms with Crippen molar-refractivity contribution in [2.75, 3.05) is 26.8 Å². The first-order valence-electron chi connectivity index (χ1n) is 8.52. The molecule has 1 N–H and O–H groups in total. The maximum absolute atomic E-state index is 12.3. The summed E-state index contributed by atoms with van der Waals surface area (Å²) in [6.07, 6.45) is 0. The van der Waals surface area contributed by atoms with E-state index in [-0.39, 0.29) is 12.1 Å². The topological polar surface area (TPSA) is 50.8 Å². The Morgan fingerprint density at radius 3 is 2.52 bits per heavy atom. The summed E-state index contributed by atoms with van der Waals surface area (Å²) in [4.78, 5) is 13.9. The summed E-state index contributed by atoms with van der Waals surface area (Å²) in [5.74, 6) is 1.61. The Hall–Kier alpha value is -2.69. The number of carbonyl (C=O) groups excluding carboxylic acids is 1. The molecule has 0 spiro atoms. The van der Waals surface area contributed by atoms with Crippen LogP contribution in [0.2, 0.25) is 0 Å². The second-order valence-corrected chi connectivity index (χ2v) is 5.76. The Balaban J connectivity index is 1.80. The first-order valence-corrected chi connectivity index (χ1v) is 8.52. The molecule has 5 nitrogen and oxygen atoms in total. The fourth-order valence-electron chi connectivity index (χ4n) is 2.34. The summed E-state index contributed by atoms with van der Waals surface area (Å²) in [5.41, 5.74) is 1.01. The second-order valence-electron chi connectivity index (χ2n) is 5.76. The van der Waals surface area contributed by atoms with Crippen molar-refractivity contribution in [3.05, 3.63) is 60.2 Å². The smallest absolute Gasteiger partial charge is 0.317 e. The Labute approximate surface area is 149 Å². The predicted molar refractivity (Wildman–Crippen MR) is 99.1 cm³/mol. The van der Waals surface area contributed by atoms with E-state index in [4.69, 9.17) is 9.47 Å². The predicted octanol–water partition coefficient (Wildman–Crippen LogP) is 3.87. The van der Waals surface area contributed by atoms with Crippen molar-refractivity contribution < 1.29 is 14.3 Å². The number of carbonyl (C=O) groups is 1. The Morgan fingerprint density at radius 1 is 1.08 bits per heavy atom. The molecule has 0 bridgehead atoms. The standard InChI is InChI=1S/C20H26N2O3/c1-4-24-19-12-8-9-17(15-19)16(2)21-20(23)22(3)13-14-25-18-10-6-5-7-11-18/h5-12,15-16H,4,13-14H2,1-3H3,(H,21,23). The van der Waals surface area contributed by atoms with E-state index in [0.29, 0.717) is 19.8 Å². The monoisotopic (exact) mass is 342 g/mol. The summed E-state index contributed by atoms with van der Waals surface area (Å²) < 4.78 is 11.1. The van der Waals surface area contributed by atoms with Gasteiger partial charge in [0.15, 0.2) is 0 Å². The third kappa shape index (κ3) is 6.03. The molecule has 0 aliphatic carbocycles. The first-order chi connectivity index (χ1) is 12.1. The molecule has 2 rings (SSSR count). The molecular formula is C20H26N2O3. The van der Waals surface area contributed by atoms with Gasteiger partial charge in [0.1, 0.15) is 18.1 Å². The maximum atomic E-state index is 12.3. The highest BCUT2D eigenvalue weighted by molar-refractivity contribution is 5.74. The van der Waals surface area contributed by atoms with Crippen LogP contribution in [0.3, 0.4) is 0 Å². The van der Waals surface area contributed by atoms with Gasteiger partial charge in [-0.05, 0) is 43.7 Å². The third-order valence-electron chi connectivity index (χ3n) is 3.79. The van der Waals surface area contributed by atoms with E-state index in [9.17, 15) is 4.79 Å². The number of amides is 2. The van der Waals surface area contributed by atoms with Crippen molar-refractivity contribution in [2.24, 2.45) is 0 Å². The van der Waals surface area contributed by atoms with Gasteiger partial charge >= 0.3 is 6.03 Å². The SMILES string of the molecule is CCOc1cccc(C(C)NC(=O)N(C)CCOc2ccccc2)c1. The number of benzene rings is 2. The van der Waals surface area contributed by atoms with E-state index >= 15 is 0 Å². The van der Waals surface area contributed by atoms with Crippen molar-refractivity contribution >= 4 is 6.03 Å². The van der Waals surface area contributed by atoms with Gasteiger partial charge in [-0.2, -0.15) is 0 Å². The molecule has 0 heterocycles. The number of nitrogens with one attached hydrogen (secondary N) is 1. The fourth-order valence-corrected chi connectivity index (χ4v) is 2.34. The van der Waals surface area contributed by atoms with Crippen LogP contribution in [0.25, 0.3) is 0 Å². The molecule has 0 saturated carbocycles. The number of hydrogen-bond acceptors (Lipinski definition) is 3. The molecule has 0 fully saturated rings. The Kier molecular flexibility index (Phi) is 7.14. The molecule has 134 valence electrons. The summed E-state index contributed by atoms with van der Waals surface area (Å²) >= 11 is 0. The quantitative estimate of drug-likeness (QED) is 0.792. The van der Waals surface area contributed by atoms with Crippen LogP contribution in [0.5, 0.6) is 11.5 Å². The fraction of sp³-hybridized carbons (Fsp3) is 0.350. The zero-order valence-electron chi connectivity index (χ0n) is 15.1. The number of ether oxygens (including phenoxy) is 2. The number of rotatable bonds is 8. The summed E-state index contributed by atoms with van der Waals surface area (Å²) in [5, 5.41) is 2.99. The minimum absolute atomic E-state index is 0.106. The maximum Gasteiger partial charge on any atom is 0.317 e. The number of para-hydroxylation sites is 1. The van der Waals surface area contributed by atoms with Crippen LogP contribution in [0, 0.1) is 0 Å². The van der Waals surface area contributed by atoms with E-state index < -0.39 is 0 Å². The molecule has 0 radical (unpaired) electrons. The van der Waals surface area contributed by atoms with E-state index in [2.05, 4.69) is 5.32 Å². The summed E-state index contributed by atoms with van der Waals surface area (Å²) in [6.45, 7) is 5.48. The van der Waals surface area contributed by atoms with Gasteiger partial charge in [-0.1, -0.05) is 30.3 Å².